The second kappa shape index (κ2) is 12.9. The van der Waals surface area contributed by atoms with Crippen LogP contribution in [0.1, 0.15) is 50.2 Å². The van der Waals surface area contributed by atoms with Crippen LogP contribution in [0.4, 0.5) is 0 Å². The van der Waals surface area contributed by atoms with Gasteiger partial charge in [-0.3, -0.25) is 9.59 Å². The fraction of sp³-hybridized carbons (Fsp3) is 0.440. The standard InChI is InChI=1S/C25H29Cl3N2O2S/c1-17(25(32)29-21-5-3-2-4-6-21)30(14-19-9-12-22(27)23(28)13-19)24(31)16-33-15-18-7-10-20(26)11-8-18/h7-13,17,21H,2-6,14-16H2,1H3,(H,29,32). The van der Waals surface area contributed by atoms with Gasteiger partial charge in [0.2, 0.25) is 11.8 Å². The Morgan fingerprint density at radius 2 is 1.67 bits per heavy atom. The van der Waals surface area contributed by atoms with Crippen LogP contribution in [0.5, 0.6) is 0 Å². The Hall–Kier alpha value is -1.40. The van der Waals surface area contributed by atoms with E-state index in [1.807, 2.05) is 30.3 Å². The molecule has 0 aromatic heterocycles. The molecule has 1 aliphatic carbocycles. The van der Waals surface area contributed by atoms with E-state index in [0.29, 0.717) is 20.8 Å². The smallest absolute Gasteiger partial charge is 0.242 e. The minimum Gasteiger partial charge on any atom is -0.352 e. The Morgan fingerprint density at radius 1 is 1.00 bits per heavy atom. The first kappa shape index (κ1) is 26.2. The van der Waals surface area contributed by atoms with Gasteiger partial charge < -0.3 is 10.2 Å². The van der Waals surface area contributed by atoms with Gasteiger partial charge >= 0.3 is 0 Å². The summed E-state index contributed by atoms with van der Waals surface area (Å²) in [6.45, 7) is 2.08. The van der Waals surface area contributed by atoms with E-state index in [1.165, 1.54) is 18.2 Å². The van der Waals surface area contributed by atoms with Gasteiger partial charge in [0.05, 0.1) is 15.8 Å². The molecule has 1 saturated carbocycles. The van der Waals surface area contributed by atoms with Crippen molar-refractivity contribution in [3.63, 3.8) is 0 Å². The number of hydrogen-bond acceptors (Lipinski definition) is 3. The molecule has 1 fully saturated rings. The highest BCUT2D eigenvalue weighted by Gasteiger charge is 2.28. The van der Waals surface area contributed by atoms with E-state index in [9.17, 15) is 9.59 Å². The minimum absolute atomic E-state index is 0.0914. The fourth-order valence-electron chi connectivity index (χ4n) is 3.91. The van der Waals surface area contributed by atoms with Crippen molar-refractivity contribution in [2.75, 3.05) is 5.75 Å². The van der Waals surface area contributed by atoms with E-state index in [0.717, 1.165) is 36.8 Å². The van der Waals surface area contributed by atoms with Crippen LogP contribution in [0.15, 0.2) is 42.5 Å². The predicted octanol–water partition coefficient (Wildman–Crippen LogP) is 6.75. The van der Waals surface area contributed by atoms with Crippen molar-refractivity contribution in [3.05, 3.63) is 68.7 Å². The topological polar surface area (TPSA) is 49.4 Å². The first-order chi connectivity index (χ1) is 15.8. The van der Waals surface area contributed by atoms with Crippen molar-refractivity contribution in [2.24, 2.45) is 0 Å². The van der Waals surface area contributed by atoms with Crippen LogP contribution in [0.3, 0.4) is 0 Å². The Balaban J connectivity index is 1.67. The molecule has 3 rings (SSSR count). The lowest BCUT2D eigenvalue weighted by Gasteiger charge is -2.31. The maximum Gasteiger partial charge on any atom is 0.242 e. The lowest BCUT2D eigenvalue weighted by molar-refractivity contribution is -0.139. The number of amides is 2. The van der Waals surface area contributed by atoms with Gasteiger partial charge in [-0.25, -0.2) is 0 Å². The van der Waals surface area contributed by atoms with Crippen molar-refractivity contribution < 1.29 is 9.59 Å². The number of thioether (sulfide) groups is 1. The molecule has 1 aliphatic rings. The van der Waals surface area contributed by atoms with Crippen LogP contribution in [0, 0.1) is 0 Å². The molecule has 2 amide bonds. The molecule has 8 heteroatoms. The number of nitrogens with one attached hydrogen (secondary N) is 1. The molecule has 1 atom stereocenters. The Bertz CT molecular complexity index is 949. The molecule has 33 heavy (non-hydrogen) atoms. The van der Waals surface area contributed by atoms with Gasteiger partial charge in [0.25, 0.3) is 0 Å². The Morgan fingerprint density at radius 3 is 2.33 bits per heavy atom. The normalized spacial score (nSPS) is 15.2. The molecule has 178 valence electrons. The Kier molecular flexibility index (Phi) is 10.2. The van der Waals surface area contributed by atoms with E-state index in [1.54, 1.807) is 24.0 Å². The summed E-state index contributed by atoms with van der Waals surface area (Å²) in [5.74, 6) is 0.751. The van der Waals surface area contributed by atoms with Gasteiger partial charge in [-0.15, -0.1) is 11.8 Å². The summed E-state index contributed by atoms with van der Waals surface area (Å²) in [5, 5.41) is 4.72. The van der Waals surface area contributed by atoms with Crippen LogP contribution in [0.25, 0.3) is 0 Å². The van der Waals surface area contributed by atoms with E-state index >= 15 is 0 Å². The molecular formula is C25H29Cl3N2O2S. The van der Waals surface area contributed by atoms with Crippen LogP contribution in [0.2, 0.25) is 15.1 Å². The average Bonchev–Trinajstić information content (AvgIpc) is 2.81. The number of halogens is 3. The first-order valence-corrected chi connectivity index (χ1v) is 13.5. The van der Waals surface area contributed by atoms with Gasteiger partial charge in [-0.2, -0.15) is 0 Å². The van der Waals surface area contributed by atoms with Crippen LogP contribution in [-0.2, 0) is 21.9 Å². The summed E-state index contributed by atoms with van der Waals surface area (Å²) < 4.78 is 0. The zero-order valence-electron chi connectivity index (χ0n) is 18.7. The molecule has 0 heterocycles. The van der Waals surface area contributed by atoms with Gasteiger partial charge in [-0.05, 0) is 55.2 Å². The van der Waals surface area contributed by atoms with Crippen molar-refractivity contribution in [2.45, 2.75) is 63.4 Å². The van der Waals surface area contributed by atoms with E-state index < -0.39 is 6.04 Å². The molecule has 0 bridgehead atoms. The highest BCUT2D eigenvalue weighted by atomic mass is 35.5. The number of hydrogen-bond donors (Lipinski definition) is 1. The molecular weight excluding hydrogens is 499 g/mol. The maximum absolute atomic E-state index is 13.2. The lowest BCUT2D eigenvalue weighted by Crippen LogP contribution is -2.50. The average molecular weight is 528 g/mol. The minimum atomic E-state index is -0.593. The third kappa shape index (κ3) is 8.10. The van der Waals surface area contributed by atoms with E-state index in [4.69, 9.17) is 34.8 Å². The van der Waals surface area contributed by atoms with Gasteiger partial charge in [0.1, 0.15) is 6.04 Å². The largest absolute Gasteiger partial charge is 0.352 e. The Labute approximate surface area is 215 Å². The molecule has 0 spiro atoms. The third-order valence-electron chi connectivity index (χ3n) is 5.86. The molecule has 1 N–H and O–H groups in total. The summed E-state index contributed by atoms with van der Waals surface area (Å²) in [5.41, 5.74) is 1.93. The molecule has 0 radical (unpaired) electrons. The molecule has 1 unspecified atom stereocenters. The quantitative estimate of drug-likeness (QED) is 0.392. The first-order valence-electron chi connectivity index (χ1n) is 11.2. The van der Waals surface area contributed by atoms with Crippen LogP contribution in [-0.4, -0.2) is 34.6 Å². The van der Waals surface area contributed by atoms with Crippen molar-refractivity contribution >= 4 is 58.4 Å². The van der Waals surface area contributed by atoms with Crippen molar-refractivity contribution in [1.29, 1.82) is 0 Å². The molecule has 4 nitrogen and oxygen atoms in total. The maximum atomic E-state index is 13.2. The number of carbonyl (C=O) groups is 2. The number of nitrogens with zero attached hydrogens (tertiary/aromatic N) is 1. The molecule has 0 aliphatic heterocycles. The highest BCUT2D eigenvalue weighted by Crippen LogP contribution is 2.25. The summed E-state index contributed by atoms with van der Waals surface area (Å²) in [6.07, 6.45) is 5.47. The highest BCUT2D eigenvalue weighted by molar-refractivity contribution is 7.99. The monoisotopic (exact) mass is 526 g/mol. The zero-order valence-corrected chi connectivity index (χ0v) is 21.7. The van der Waals surface area contributed by atoms with Gasteiger partial charge in [-0.1, -0.05) is 72.3 Å². The SMILES string of the molecule is CC(C(=O)NC1CCCCC1)N(Cc1ccc(Cl)c(Cl)c1)C(=O)CSCc1ccc(Cl)cc1. The second-order valence-corrected chi connectivity index (χ2v) is 10.6. The van der Waals surface area contributed by atoms with Crippen molar-refractivity contribution in [1.82, 2.24) is 10.2 Å². The van der Waals surface area contributed by atoms with Crippen molar-refractivity contribution in [3.8, 4) is 0 Å². The number of rotatable bonds is 9. The van der Waals surface area contributed by atoms with E-state index in [-0.39, 0.29) is 30.2 Å². The second-order valence-electron chi connectivity index (χ2n) is 8.41. The fourth-order valence-corrected chi connectivity index (χ4v) is 5.22. The summed E-state index contributed by atoms with van der Waals surface area (Å²) in [6, 6.07) is 12.5. The molecule has 2 aromatic rings. The van der Waals surface area contributed by atoms with E-state index in [2.05, 4.69) is 5.32 Å². The van der Waals surface area contributed by atoms with Crippen LogP contribution >= 0.6 is 46.6 Å². The summed E-state index contributed by atoms with van der Waals surface area (Å²) in [7, 11) is 0. The summed E-state index contributed by atoms with van der Waals surface area (Å²) >= 11 is 19.7. The number of benzene rings is 2. The summed E-state index contributed by atoms with van der Waals surface area (Å²) in [4.78, 5) is 27.9. The number of carbonyl (C=O) groups excluding carboxylic acids is 2. The van der Waals surface area contributed by atoms with Gasteiger partial charge in [0.15, 0.2) is 0 Å². The van der Waals surface area contributed by atoms with Gasteiger partial charge in [0, 0.05) is 23.4 Å². The van der Waals surface area contributed by atoms with Crippen LogP contribution < -0.4 is 5.32 Å². The molecule has 0 saturated heterocycles. The third-order valence-corrected chi connectivity index (χ3v) is 7.84. The zero-order chi connectivity index (χ0) is 23.8. The lowest BCUT2D eigenvalue weighted by atomic mass is 9.95. The predicted molar refractivity (Wildman–Crippen MR) is 139 cm³/mol. The molecule has 2 aromatic carbocycles.